The molecule has 0 saturated heterocycles. The van der Waals surface area contributed by atoms with Gasteiger partial charge >= 0.3 is 0 Å². The molecule has 0 unspecified atom stereocenters. The van der Waals surface area contributed by atoms with Crippen LogP contribution in [0.3, 0.4) is 0 Å². The van der Waals surface area contributed by atoms with Crippen molar-refractivity contribution in [2.75, 3.05) is 20.1 Å². The van der Waals surface area contributed by atoms with Crippen molar-refractivity contribution in [1.82, 2.24) is 10.2 Å². The lowest BCUT2D eigenvalue weighted by Crippen LogP contribution is -2.19. The summed E-state index contributed by atoms with van der Waals surface area (Å²) >= 11 is 0. The zero-order valence-corrected chi connectivity index (χ0v) is 12.5. The van der Waals surface area contributed by atoms with Crippen LogP contribution in [0.1, 0.15) is 43.7 Å². The molecule has 106 valence electrons. The molecule has 1 aromatic carbocycles. The molecule has 0 atom stereocenters. The fourth-order valence-corrected chi connectivity index (χ4v) is 2.34. The first-order valence-corrected chi connectivity index (χ1v) is 7.77. The van der Waals surface area contributed by atoms with Gasteiger partial charge in [-0.3, -0.25) is 0 Å². The van der Waals surface area contributed by atoms with Crippen molar-refractivity contribution >= 4 is 0 Å². The van der Waals surface area contributed by atoms with E-state index in [9.17, 15) is 0 Å². The van der Waals surface area contributed by atoms with Crippen molar-refractivity contribution in [2.24, 2.45) is 0 Å². The van der Waals surface area contributed by atoms with E-state index in [2.05, 4.69) is 48.5 Å². The second-order valence-corrected chi connectivity index (χ2v) is 5.89. The lowest BCUT2D eigenvalue weighted by Gasteiger charge is -2.16. The van der Waals surface area contributed by atoms with E-state index >= 15 is 0 Å². The first-order valence-electron chi connectivity index (χ1n) is 7.77. The summed E-state index contributed by atoms with van der Waals surface area (Å²) in [5, 5.41) is 3.57. The Labute approximate surface area is 118 Å². The van der Waals surface area contributed by atoms with Crippen LogP contribution in [0.5, 0.6) is 0 Å². The van der Waals surface area contributed by atoms with E-state index in [1.54, 1.807) is 0 Å². The summed E-state index contributed by atoms with van der Waals surface area (Å²) in [7, 11) is 2.21. The Bertz CT molecular complexity index is 354. The predicted molar refractivity (Wildman–Crippen MR) is 82.4 cm³/mol. The molecule has 2 nitrogen and oxygen atoms in total. The van der Waals surface area contributed by atoms with Crippen LogP contribution in [-0.4, -0.2) is 31.1 Å². The van der Waals surface area contributed by atoms with Gasteiger partial charge in [0.15, 0.2) is 0 Å². The van der Waals surface area contributed by atoms with E-state index in [1.807, 2.05) is 0 Å². The second-order valence-electron chi connectivity index (χ2n) is 5.89. The highest BCUT2D eigenvalue weighted by atomic mass is 15.1. The predicted octanol–water partition coefficient (Wildman–Crippen LogP) is 3.21. The monoisotopic (exact) mass is 260 g/mol. The molecule has 0 amide bonds. The summed E-state index contributed by atoms with van der Waals surface area (Å²) in [6.07, 6.45) is 6.48. The highest BCUT2D eigenvalue weighted by Gasteiger charge is 2.19. The number of unbranched alkanes of at least 4 members (excludes halogenated alkanes) is 1. The number of benzene rings is 1. The van der Waals surface area contributed by atoms with Crippen molar-refractivity contribution in [3.63, 3.8) is 0 Å². The Hall–Kier alpha value is -0.860. The third-order valence-electron chi connectivity index (χ3n) is 3.79. The van der Waals surface area contributed by atoms with Gasteiger partial charge in [0.1, 0.15) is 0 Å². The molecule has 1 N–H and O–H groups in total. The van der Waals surface area contributed by atoms with Gasteiger partial charge < -0.3 is 10.2 Å². The number of hydrogen-bond donors (Lipinski definition) is 1. The molecule has 1 saturated carbocycles. The molecule has 0 bridgehead atoms. The van der Waals surface area contributed by atoms with Crippen LogP contribution in [0.15, 0.2) is 24.3 Å². The highest BCUT2D eigenvalue weighted by Crippen LogP contribution is 2.18. The van der Waals surface area contributed by atoms with E-state index < -0.39 is 0 Å². The third kappa shape index (κ3) is 5.75. The summed E-state index contributed by atoms with van der Waals surface area (Å²) in [6, 6.07) is 9.98. The zero-order chi connectivity index (χ0) is 13.5. The average Bonchev–Trinajstić information content (AvgIpc) is 3.23. The highest BCUT2D eigenvalue weighted by molar-refractivity contribution is 5.22. The Morgan fingerprint density at radius 1 is 1.16 bits per heavy atom. The van der Waals surface area contributed by atoms with Crippen LogP contribution in [0.25, 0.3) is 0 Å². The largest absolute Gasteiger partial charge is 0.314 e. The van der Waals surface area contributed by atoms with Gasteiger partial charge in [0.05, 0.1) is 0 Å². The van der Waals surface area contributed by atoms with Gasteiger partial charge in [-0.05, 0) is 56.9 Å². The topological polar surface area (TPSA) is 15.3 Å². The molecule has 19 heavy (non-hydrogen) atoms. The van der Waals surface area contributed by atoms with Gasteiger partial charge in [0, 0.05) is 12.6 Å². The molecule has 1 aromatic rings. The smallest absolute Gasteiger partial charge is 0.0230 e. The van der Waals surface area contributed by atoms with E-state index in [0.717, 1.165) is 25.6 Å². The van der Waals surface area contributed by atoms with Crippen molar-refractivity contribution in [1.29, 1.82) is 0 Å². The van der Waals surface area contributed by atoms with Crippen LogP contribution < -0.4 is 5.32 Å². The zero-order valence-electron chi connectivity index (χ0n) is 12.5. The SMILES string of the molecule is CCCCN(C)Cc1ccc(CCNC2CC2)cc1. The molecular weight excluding hydrogens is 232 g/mol. The molecule has 0 heterocycles. The Morgan fingerprint density at radius 3 is 2.47 bits per heavy atom. The molecule has 0 spiro atoms. The van der Waals surface area contributed by atoms with Gasteiger partial charge in [0.25, 0.3) is 0 Å². The molecule has 1 aliphatic carbocycles. The summed E-state index contributed by atoms with van der Waals surface area (Å²) in [5.41, 5.74) is 2.88. The fourth-order valence-electron chi connectivity index (χ4n) is 2.34. The van der Waals surface area contributed by atoms with Crippen LogP contribution in [0.2, 0.25) is 0 Å². The van der Waals surface area contributed by atoms with Crippen LogP contribution in [0, 0.1) is 0 Å². The number of nitrogens with zero attached hydrogens (tertiary/aromatic N) is 1. The quantitative estimate of drug-likeness (QED) is 0.733. The van der Waals surface area contributed by atoms with Gasteiger partial charge in [-0.15, -0.1) is 0 Å². The van der Waals surface area contributed by atoms with Crippen LogP contribution >= 0.6 is 0 Å². The molecule has 1 aliphatic rings. The lowest BCUT2D eigenvalue weighted by atomic mass is 10.1. The maximum atomic E-state index is 3.57. The number of nitrogens with one attached hydrogen (secondary N) is 1. The van der Waals surface area contributed by atoms with Crippen LogP contribution in [-0.2, 0) is 13.0 Å². The Morgan fingerprint density at radius 2 is 1.84 bits per heavy atom. The first-order chi connectivity index (χ1) is 9.28. The summed E-state index contributed by atoms with van der Waals surface area (Å²) in [6.45, 7) is 5.64. The molecule has 0 aromatic heterocycles. The normalized spacial score (nSPS) is 15.1. The Balaban J connectivity index is 1.70. The van der Waals surface area contributed by atoms with Gasteiger partial charge in [-0.25, -0.2) is 0 Å². The van der Waals surface area contributed by atoms with E-state index in [0.29, 0.717) is 0 Å². The Kier molecular flexibility index (Phi) is 5.87. The van der Waals surface area contributed by atoms with E-state index in [1.165, 1.54) is 43.4 Å². The summed E-state index contributed by atoms with van der Waals surface area (Å²) in [5.74, 6) is 0. The van der Waals surface area contributed by atoms with Crippen molar-refractivity contribution in [3.05, 3.63) is 35.4 Å². The molecule has 2 heteroatoms. The van der Waals surface area contributed by atoms with Crippen LogP contribution in [0.4, 0.5) is 0 Å². The van der Waals surface area contributed by atoms with E-state index in [4.69, 9.17) is 0 Å². The fraction of sp³-hybridized carbons (Fsp3) is 0.647. The minimum Gasteiger partial charge on any atom is -0.314 e. The van der Waals surface area contributed by atoms with Crippen molar-refractivity contribution < 1.29 is 0 Å². The number of hydrogen-bond acceptors (Lipinski definition) is 2. The van der Waals surface area contributed by atoms with E-state index in [-0.39, 0.29) is 0 Å². The summed E-state index contributed by atoms with van der Waals surface area (Å²) in [4.78, 5) is 2.41. The van der Waals surface area contributed by atoms with Gasteiger partial charge in [-0.2, -0.15) is 0 Å². The third-order valence-corrected chi connectivity index (χ3v) is 3.79. The molecule has 2 rings (SSSR count). The summed E-state index contributed by atoms with van der Waals surface area (Å²) < 4.78 is 0. The molecule has 0 radical (unpaired) electrons. The average molecular weight is 260 g/mol. The van der Waals surface area contributed by atoms with Gasteiger partial charge in [0.2, 0.25) is 0 Å². The molecule has 1 fully saturated rings. The minimum atomic E-state index is 0.825. The van der Waals surface area contributed by atoms with Crippen molar-refractivity contribution in [3.8, 4) is 0 Å². The molecule has 0 aliphatic heterocycles. The minimum absolute atomic E-state index is 0.825. The second kappa shape index (κ2) is 7.66. The first kappa shape index (κ1) is 14.5. The number of rotatable bonds is 9. The van der Waals surface area contributed by atoms with Gasteiger partial charge in [-0.1, -0.05) is 37.6 Å². The maximum absolute atomic E-state index is 3.57. The molecular formula is C17H28N2. The standard InChI is InChI=1S/C17H28N2/c1-3-4-13-19(2)14-16-7-5-15(6-8-16)11-12-18-17-9-10-17/h5-8,17-18H,3-4,9-14H2,1-2H3. The van der Waals surface area contributed by atoms with Crippen molar-refractivity contribution in [2.45, 2.75) is 51.6 Å². The lowest BCUT2D eigenvalue weighted by molar-refractivity contribution is 0.321. The maximum Gasteiger partial charge on any atom is 0.0230 e.